The molecule has 1 aromatic carbocycles. The summed E-state index contributed by atoms with van der Waals surface area (Å²) in [5.74, 6) is 0. The normalized spacial score (nSPS) is 11.2. The van der Waals surface area contributed by atoms with Crippen molar-refractivity contribution in [1.29, 1.82) is 0 Å². The largest absolute Gasteiger partial charge is 0.393 e. The van der Waals surface area contributed by atoms with Gasteiger partial charge >= 0.3 is 0 Å². The highest BCUT2D eigenvalue weighted by Gasteiger charge is 2.15. The molecule has 0 spiro atoms. The van der Waals surface area contributed by atoms with Crippen LogP contribution in [0.25, 0.3) is 0 Å². The first kappa shape index (κ1) is 15.4. The molecule has 6 heteroatoms. The Morgan fingerprint density at radius 2 is 2.16 bits per heavy atom. The van der Waals surface area contributed by atoms with Crippen LogP contribution in [0.5, 0.6) is 0 Å². The Balaban J connectivity index is 2.84. The van der Waals surface area contributed by atoms with E-state index in [1.54, 1.807) is 13.2 Å². The highest BCUT2D eigenvalue weighted by Crippen LogP contribution is 2.23. The maximum Gasteiger partial charge on any atom is 0.292 e. The van der Waals surface area contributed by atoms with Crippen LogP contribution in [0.2, 0.25) is 0 Å². The Bertz CT molecular complexity index is 435. The first-order valence-corrected chi connectivity index (χ1v) is 6.21. The van der Waals surface area contributed by atoms with Crippen molar-refractivity contribution in [2.75, 3.05) is 26.0 Å². The lowest BCUT2D eigenvalue weighted by Crippen LogP contribution is -2.33. The zero-order valence-electron chi connectivity index (χ0n) is 11.6. The third-order valence-corrected chi connectivity index (χ3v) is 2.99. The molecule has 0 atom stereocenters. The number of nitrogen functional groups attached to an aromatic ring is 1. The molecule has 0 saturated carbocycles. The van der Waals surface area contributed by atoms with Gasteiger partial charge < -0.3 is 10.5 Å². The van der Waals surface area contributed by atoms with Crippen molar-refractivity contribution < 1.29 is 9.66 Å². The molecule has 0 aliphatic carbocycles. The SMILES string of the molecule is COCCN(Cc1ccc(N)c([N+](=O)[O-])c1)C(C)C. The van der Waals surface area contributed by atoms with Crippen LogP contribution in [0.1, 0.15) is 19.4 Å². The summed E-state index contributed by atoms with van der Waals surface area (Å²) in [6.45, 7) is 6.23. The predicted octanol–water partition coefficient (Wildman–Crippen LogP) is 2.03. The third-order valence-electron chi connectivity index (χ3n) is 2.99. The Hall–Kier alpha value is -1.66. The summed E-state index contributed by atoms with van der Waals surface area (Å²) in [6, 6.07) is 5.29. The van der Waals surface area contributed by atoms with E-state index < -0.39 is 4.92 Å². The van der Waals surface area contributed by atoms with Crippen molar-refractivity contribution in [3.8, 4) is 0 Å². The Labute approximate surface area is 113 Å². The minimum Gasteiger partial charge on any atom is -0.393 e. The van der Waals surface area contributed by atoms with Crippen LogP contribution in [0, 0.1) is 10.1 Å². The van der Waals surface area contributed by atoms with Crippen LogP contribution < -0.4 is 5.73 Å². The van der Waals surface area contributed by atoms with Crippen LogP contribution in [0.4, 0.5) is 11.4 Å². The first-order chi connectivity index (χ1) is 8.95. The fraction of sp³-hybridized carbons (Fsp3) is 0.538. The van der Waals surface area contributed by atoms with E-state index in [-0.39, 0.29) is 11.4 Å². The van der Waals surface area contributed by atoms with Gasteiger partial charge in [-0.1, -0.05) is 6.07 Å². The molecule has 19 heavy (non-hydrogen) atoms. The predicted molar refractivity (Wildman–Crippen MR) is 74.9 cm³/mol. The first-order valence-electron chi connectivity index (χ1n) is 6.21. The molecular formula is C13H21N3O3. The van der Waals surface area contributed by atoms with Gasteiger partial charge in [0.1, 0.15) is 5.69 Å². The lowest BCUT2D eigenvalue weighted by atomic mass is 10.1. The summed E-state index contributed by atoms with van der Waals surface area (Å²) in [5.41, 5.74) is 6.63. The van der Waals surface area contributed by atoms with E-state index in [2.05, 4.69) is 18.7 Å². The van der Waals surface area contributed by atoms with Crippen molar-refractivity contribution in [2.24, 2.45) is 0 Å². The van der Waals surface area contributed by atoms with Crippen LogP contribution in [0.15, 0.2) is 18.2 Å². The molecule has 0 fully saturated rings. The highest BCUT2D eigenvalue weighted by molar-refractivity contribution is 5.59. The van der Waals surface area contributed by atoms with Gasteiger partial charge in [0.25, 0.3) is 5.69 Å². The van der Waals surface area contributed by atoms with Crippen molar-refractivity contribution >= 4 is 11.4 Å². The average molecular weight is 267 g/mol. The van der Waals surface area contributed by atoms with Crippen LogP contribution >= 0.6 is 0 Å². The summed E-state index contributed by atoms with van der Waals surface area (Å²) in [7, 11) is 1.66. The lowest BCUT2D eigenvalue weighted by Gasteiger charge is -2.26. The average Bonchev–Trinajstić information content (AvgIpc) is 2.35. The van der Waals surface area contributed by atoms with E-state index in [4.69, 9.17) is 10.5 Å². The number of nitrogens with zero attached hydrogens (tertiary/aromatic N) is 2. The molecule has 1 aromatic rings. The van der Waals surface area contributed by atoms with Gasteiger partial charge in [-0.15, -0.1) is 0 Å². The van der Waals surface area contributed by atoms with Gasteiger partial charge in [-0.05, 0) is 25.5 Å². The number of nitrogens with two attached hydrogens (primary N) is 1. The summed E-state index contributed by atoms with van der Waals surface area (Å²) < 4.78 is 5.07. The maximum absolute atomic E-state index is 10.9. The van der Waals surface area contributed by atoms with Gasteiger partial charge in [0.05, 0.1) is 11.5 Å². The third kappa shape index (κ3) is 4.50. The summed E-state index contributed by atoms with van der Waals surface area (Å²) in [5, 5.41) is 10.9. The van der Waals surface area contributed by atoms with Crippen molar-refractivity contribution in [2.45, 2.75) is 26.4 Å². The van der Waals surface area contributed by atoms with Gasteiger partial charge in [-0.25, -0.2) is 0 Å². The number of hydrogen-bond donors (Lipinski definition) is 1. The number of methoxy groups -OCH3 is 1. The Morgan fingerprint density at radius 3 is 2.68 bits per heavy atom. The number of rotatable bonds is 7. The van der Waals surface area contributed by atoms with Gasteiger partial charge in [-0.2, -0.15) is 0 Å². The van der Waals surface area contributed by atoms with Crippen molar-refractivity contribution in [3.05, 3.63) is 33.9 Å². The fourth-order valence-corrected chi connectivity index (χ4v) is 1.81. The second kappa shape index (κ2) is 7.06. The molecular weight excluding hydrogens is 246 g/mol. The zero-order valence-corrected chi connectivity index (χ0v) is 11.6. The molecule has 0 aliphatic heterocycles. The molecule has 0 amide bonds. The molecule has 0 saturated heterocycles. The second-order valence-electron chi connectivity index (χ2n) is 4.71. The fourth-order valence-electron chi connectivity index (χ4n) is 1.81. The van der Waals surface area contributed by atoms with E-state index in [1.165, 1.54) is 6.07 Å². The van der Waals surface area contributed by atoms with Gasteiger partial charge in [-0.3, -0.25) is 15.0 Å². The molecule has 1 rings (SSSR count). The monoisotopic (exact) mass is 267 g/mol. The number of benzene rings is 1. The number of nitro groups is 1. The number of nitro benzene ring substituents is 1. The molecule has 0 heterocycles. The van der Waals surface area contributed by atoms with Crippen molar-refractivity contribution in [1.82, 2.24) is 4.90 Å². The smallest absolute Gasteiger partial charge is 0.292 e. The Morgan fingerprint density at radius 1 is 1.47 bits per heavy atom. The highest BCUT2D eigenvalue weighted by atomic mass is 16.6. The van der Waals surface area contributed by atoms with E-state index in [0.29, 0.717) is 19.2 Å². The maximum atomic E-state index is 10.9. The summed E-state index contributed by atoms with van der Waals surface area (Å²) in [6.07, 6.45) is 0. The molecule has 0 unspecified atom stereocenters. The number of hydrogen-bond acceptors (Lipinski definition) is 5. The Kier molecular flexibility index (Phi) is 5.72. The molecule has 0 aliphatic rings. The topological polar surface area (TPSA) is 81.6 Å². The quantitative estimate of drug-likeness (QED) is 0.464. The van der Waals surface area contributed by atoms with E-state index >= 15 is 0 Å². The van der Waals surface area contributed by atoms with E-state index in [0.717, 1.165) is 12.1 Å². The molecule has 0 aromatic heterocycles. The van der Waals surface area contributed by atoms with Crippen molar-refractivity contribution in [3.63, 3.8) is 0 Å². The number of anilines is 1. The number of ether oxygens (including phenoxy) is 1. The molecule has 106 valence electrons. The van der Waals surface area contributed by atoms with Gasteiger partial charge in [0.15, 0.2) is 0 Å². The van der Waals surface area contributed by atoms with Gasteiger partial charge in [0.2, 0.25) is 0 Å². The lowest BCUT2D eigenvalue weighted by molar-refractivity contribution is -0.384. The van der Waals surface area contributed by atoms with Crippen LogP contribution in [0.3, 0.4) is 0 Å². The standard InChI is InChI=1S/C13H21N3O3/c1-10(2)15(6-7-19-3)9-11-4-5-12(14)13(8-11)16(17)18/h4-5,8,10H,6-7,9,14H2,1-3H3. The minimum atomic E-state index is -0.451. The zero-order chi connectivity index (χ0) is 14.4. The van der Waals surface area contributed by atoms with Crippen LogP contribution in [-0.4, -0.2) is 36.1 Å². The second-order valence-corrected chi connectivity index (χ2v) is 4.71. The van der Waals surface area contributed by atoms with Gasteiger partial charge in [0, 0.05) is 32.3 Å². The minimum absolute atomic E-state index is 0.0343. The molecule has 6 nitrogen and oxygen atoms in total. The van der Waals surface area contributed by atoms with Crippen LogP contribution in [-0.2, 0) is 11.3 Å². The van der Waals surface area contributed by atoms with E-state index in [1.807, 2.05) is 6.07 Å². The van der Waals surface area contributed by atoms with E-state index in [9.17, 15) is 10.1 Å². The molecule has 0 bridgehead atoms. The molecule has 2 N–H and O–H groups in total. The molecule has 0 radical (unpaired) electrons. The summed E-state index contributed by atoms with van der Waals surface area (Å²) >= 11 is 0. The summed E-state index contributed by atoms with van der Waals surface area (Å²) in [4.78, 5) is 12.6.